The molecule has 1 unspecified atom stereocenters. The van der Waals surface area contributed by atoms with Crippen molar-refractivity contribution in [1.82, 2.24) is 9.88 Å². The Bertz CT molecular complexity index is 632. The minimum Gasteiger partial charge on any atom is -0.388 e. The van der Waals surface area contributed by atoms with E-state index in [9.17, 15) is 9.90 Å². The maximum absolute atomic E-state index is 12.5. The molecular formula is C15H16N2O2. The lowest BCUT2D eigenvalue weighted by molar-refractivity contribution is 0.0573. The van der Waals surface area contributed by atoms with E-state index in [4.69, 9.17) is 0 Å². The van der Waals surface area contributed by atoms with Crippen molar-refractivity contribution in [3.05, 3.63) is 42.1 Å². The highest BCUT2D eigenvalue weighted by Gasteiger charge is 2.34. The number of fused-ring (bicyclic) bond motifs is 1. The van der Waals surface area contributed by atoms with E-state index in [2.05, 4.69) is 4.98 Å². The highest BCUT2D eigenvalue weighted by Crippen LogP contribution is 2.24. The molecule has 2 heterocycles. The van der Waals surface area contributed by atoms with Crippen LogP contribution in [0.3, 0.4) is 0 Å². The summed E-state index contributed by atoms with van der Waals surface area (Å²) in [4.78, 5) is 18.5. The first-order chi connectivity index (χ1) is 9.07. The number of rotatable bonds is 1. The third-order valence-electron chi connectivity index (χ3n) is 3.62. The van der Waals surface area contributed by atoms with Crippen molar-refractivity contribution in [2.45, 2.75) is 18.9 Å². The van der Waals surface area contributed by atoms with E-state index in [1.165, 1.54) is 0 Å². The van der Waals surface area contributed by atoms with Crippen molar-refractivity contribution in [1.29, 1.82) is 0 Å². The fourth-order valence-corrected chi connectivity index (χ4v) is 2.58. The van der Waals surface area contributed by atoms with Gasteiger partial charge >= 0.3 is 0 Å². The Labute approximate surface area is 111 Å². The molecule has 0 saturated carbocycles. The number of carbonyl (C=O) groups excluding carboxylic acids is 1. The average molecular weight is 256 g/mol. The van der Waals surface area contributed by atoms with Crippen LogP contribution in [0.4, 0.5) is 0 Å². The van der Waals surface area contributed by atoms with Gasteiger partial charge in [-0.3, -0.25) is 9.78 Å². The van der Waals surface area contributed by atoms with Crippen molar-refractivity contribution in [3.63, 3.8) is 0 Å². The predicted molar refractivity (Wildman–Crippen MR) is 72.9 cm³/mol. The molecule has 19 heavy (non-hydrogen) atoms. The molecule has 2 aromatic rings. The van der Waals surface area contributed by atoms with Gasteiger partial charge in [-0.1, -0.05) is 12.1 Å². The SMILES string of the molecule is CC1(O)CCN(C(=O)c2cccc3ncccc23)C1. The van der Waals surface area contributed by atoms with E-state index >= 15 is 0 Å². The van der Waals surface area contributed by atoms with Crippen LogP contribution in [0.1, 0.15) is 23.7 Å². The number of β-amino-alcohol motifs (C(OH)–C–C–N with tert-alkyl or cyclic N) is 1. The second kappa shape index (κ2) is 4.31. The van der Waals surface area contributed by atoms with Gasteiger partial charge in [0.1, 0.15) is 0 Å². The first kappa shape index (κ1) is 12.1. The summed E-state index contributed by atoms with van der Waals surface area (Å²) in [5.74, 6) is -0.0311. The number of aromatic nitrogens is 1. The van der Waals surface area contributed by atoms with Gasteiger partial charge in [0.25, 0.3) is 5.91 Å². The number of hydrogen-bond donors (Lipinski definition) is 1. The number of amides is 1. The number of nitrogens with zero attached hydrogens (tertiary/aromatic N) is 2. The largest absolute Gasteiger partial charge is 0.388 e. The van der Waals surface area contributed by atoms with Gasteiger partial charge in [0.2, 0.25) is 0 Å². The molecule has 0 aliphatic carbocycles. The Morgan fingerprint density at radius 3 is 2.95 bits per heavy atom. The second-order valence-electron chi connectivity index (χ2n) is 5.35. The number of pyridine rings is 1. The number of likely N-dealkylation sites (tertiary alicyclic amines) is 1. The maximum Gasteiger partial charge on any atom is 0.254 e. The molecule has 0 bridgehead atoms. The molecule has 98 valence electrons. The molecule has 4 nitrogen and oxygen atoms in total. The minimum absolute atomic E-state index is 0.0311. The number of aliphatic hydroxyl groups is 1. The lowest BCUT2D eigenvalue weighted by Gasteiger charge is -2.19. The van der Waals surface area contributed by atoms with Crippen molar-refractivity contribution >= 4 is 16.8 Å². The normalized spacial score (nSPS) is 22.9. The topological polar surface area (TPSA) is 53.4 Å². The smallest absolute Gasteiger partial charge is 0.254 e. The lowest BCUT2D eigenvalue weighted by Crippen LogP contribution is -2.34. The summed E-state index contributed by atoms with van der Waals surface area (Å²) in [5, 5.41) is 10.8. The van der Waals surface area contributed by atoms with Crippen molar-refractivity contribution < 1.29 is 9.90 Å². The fraction of sp³-hybridized carbons (Fsp3) is 0.333. The van der Waals surface area contributed by atoms with Crippen LogP contribution in [-0.4, -0.2) is 39.6 Å². The first-order valence-corrected chi connectivity index (χ1v) is 6.42. The standard InChI is InChI=1S/C15H16N2O2/c1-15(19)7-9-17(10-15)14(18)12-4-2-6-13-11(12)5-3-8-16-13/h2-6,8,19H,7,9-10H2,1H3. The third-order valence-corrected chi connectivity index (χ3v) is 3.62. The Morgan fingerprint density at radius 2 is 2.21 bits per heavy atom. The monoisotopic (exact) mass is 256 g/mol. The molecule has 1 fully saturated rings. The Kier molecular flexibility index (Phi) is 2.75. The molecule has 3 rings (SSSR count). The molecule has 1 atom stereocenters. The molecule has 1 aromatic carbocycles. The summed E-state index contributed by atoms with van der Waals surface area (Å²) in [6.45, 7) is 2.76. The highest BCUT2D eigenvalue weighted by atomic mass is 16.3. The summed E-state index contributed by atoms with van der Waals surface area (Å²) in [6, 6.07) is 9.30. The Morgan fingerprint density at radius 1 is 1.37 bits per heavy atom. The van der Waals surface area contributed by atoms with Crippen LogP contribution in [0.25, 0.3) is 10.9 Å². The minimum atomic E-state index is -0.765. The van der Waals surface area contributed by atoms with Crippen molar-refractivity contribution in [3.8, 4) is 0 Å². The molecular weight excluding hydrogens is 240 g/mol. The van der Waals surface area contributed by atoms with Gasteiger partial charge < -0.3 is 10.0 Å². The Hall–Kier alpha value is -1.94. The van der Waals surface area contributed by atoms with Gasteiger partial charge in [-0.05, 0) is 31.5 Å². The zero-order valence-corrected chi connectivity index (χ0v) is 10.8. The first-order valence-electron chi connectivity index (χ1n) is 6.42. The summed E-state index contributed by atoms with van der Waals surface area (Å²) in [6.07, 6.45) is 2.35. The maximum atomic E-state index is 12.5. The summed E-state index contributed by atoms with van der Waals surface area (Å²) >= 11 is 0. The van der Waals surface area contributed by atoms with Crippen molar-refractivity contribution in [2.75, 3.05) is 13.1 Å². The van der Waals surface area contributed by atoms with Crippen LogP contribution < -0.4 is 0 Å². The molecule has 0 radical (unpaired) electrons. The van der Waals surface area contributed by atoms with Crippen LogP contribution in [-0.2, 0) is 0 Å². The molecule has 4 heteroatoms. The number of hydrogen-bond acceptors (Lipinski definition) is 3. The second-order valence-corrected chi connectivity index (χ2v) is 5.35. The van der Waals surface area contributed by atoms with E-state index in [-0.39, 0.29) is 5.91 Å². The van der Waals surface area contributed by atoms with Gasteiger partial charge in [0, 0.05) is 30.2 Å². The van der Waals surface area contributed by atoms with Gasteiger partial charge in [0.15, 0.2) is 0 Å². The van der Waals surface area contributed by atoms with E-state index in [0.717, 1.165) is 10.9 Å². The molecule has 1 N–H and O–H groups in total. The lowest BCUT2D eigenvalue weighted by atomic mass is 10.1. The van der Waals surface area contributed by atoms with Crippen LogP contribution in [0.2, 0.25) is 0 Å². The quantitative estimate of drug-likeness (QED) is 0.847. The molecule has 1 amide bonds. The van der Waals surface area contributed by atoms with Gasteiger partial charge in [-0.2, -0.15) is 0 Å². The molecule has 1 aliphatic heterocycles. The van der Waals surface area contributed by atoms with Crippen LogP contribution in [0, 0.1) is 0 Å². The molecule has 1 saturated heterocycles. The van der Waals surface area contributed by atoms with E-state index in [1.807, 2.05) is 30.3 Å². The Balaban J connectivity index is 1.99. The third kappa shape index (κ3) is 2.19. The van der Waals surface area contributed by atoms with E-state index in [0.29, 0.717) is 25.1 Å². The van der Waals surface area contributed by atoms with E-state index in [1.54, 1.807) is 18.0 Å². The molecule has 1 aliphatic rings. The van der Waals surface area contributed by atoms with Gasteiger partial charge in [0.05, 0.1) is 11.1 Å². The van der Waals surface area contributed by atoms with Crippen LogP contribution in [0.15, 0.2) is 36.5 Å². The van der Waals surface area contributed by atoms with Gasteiger partial charge in [-0.15, -0.1) is 0 Å². The zero-order chi connectivity index (χ0) is 13.5. The predicted octanol–water partition coefficient (Wildman–Crippen LogP) is 1.83. The summed E-state index contributed by atoms with van der Waals surface area (Å²) in [5.41, 5.74) is 0.709. The van der Waals surface area contributed by atoms with E-state index < -0.39 is 5.60 Å². The van der Waals surface area contributed by atoms with Crippen LogP contribution in [0.5, 0.6) is 0 Å². The fourth-order valence-electron chi connectivity index (χ4n) is 2.58. The molecule has 0 spiro atoms. The summed E-state index contributed by atoms with van der Waals surface area (Å²) in [7, 11) is 0. The molecule has 1 aromatic heterocycles. The van der Waals surface area contributed by atoms with Crippen molar-refractivity contribution in [2.24, 2.45) is 0 Å². The zero-order valence-electron chi connectivity index (χ0n) is 10.8. The highest BCUT2D eigenvalue weighted by molar-refractivity contribution is 6.06. The number of benzene rings is 1. The average Bonchev–Trinajstić information content (AvgIpc) is 2.78. The number of carbonyl (C=O) groups is 1. The van der Waals surface area contributed by atoms with Crippen LogP contribution >= 0.6 is 0 Å². The van der Waals surface area contributed by atoms with Gasteiger partial charge in [-0.25, -0.2) is 0 Å². The summed E-state index contributed by atoms with van der Waals surface area (Å²) < 4.78 is 0.